The summed E-state index contributed by atoms with van der Waals surface area (Å²) in [5, 5.41) is 2.70. The standard InChI is InChI=1S/C14H17FN2O3/c1-20-7-6-16-14(19)10-8-13(18)17(9-10)12-5-3-2-4-11(12)15/h2-5,10H,6-9H2,1H3,(H,16,19). The van der Waals surface area contributed by atoms with E-state index in [2.05, 4.69) is 5.32 Å². The predicted molar refractivity (Wildman–Crippen MR) is 71.7 cm³/mol. The first-order chi connectivity index (χ1) is 9.63. The molecule has 1 saturated heterocycles. The van der Waals surface area contributed by atoms with Gasteiger partial charge in [-0.25, -0.2) is 4.39 Å². The Morgan fingerprint density at radius 3 is 2.95 bits per heavy atom. The summed E-state index contributed by atoms with van der Waals surface area (Å²) in [6, 6.07) is 6.07. The van der Waals surface area contributed by atoms with Crippen molar-refractivity contribution in [3.8, 4) is 0 Å². The quantitative estimate of drug-likeness (QED) is 0.817. The highest BCUT2D eigenvalue weighted by atomic mass is 19.1. The molecule has 1 aromatic rings. The summed E-state index contributed by atoms with van der Waals surface area (Å²) in [5.41, 5.74) is 0.227. The molecule has 1 aliphatic rings. The van der Waals surface area contributed by atoms with Crippen molar-refractivity contribution in [3.63, 3.8) is 0 Å². The highest BCUT2D eigenvalue weighted by Crippen LogP contribution is 2.27. The molecule has 0 aromatic heterocycles. The van der Waals surface area contributed by atoms with Crippen molar-refractivity contribution in [3.05, 3.63) is 30.1 Å². The van der Waals surface area contributed by atoms with Crippen LogP contribution >= 0.6 is 0 Å². The van der Waals surface area contributed by atoms with Crippen LogP contribution in [0.2, 0.25) is 0 Å². The zero-order valence-electron chi connectivity index (χ0n) is 11.3. The highest BCUT2D eigenvalue weighted by Gasteiger charge is 2.35. The molecule has 1 aliphatic heterocycles. The predicted octanol–water partition coefficient (Wildman–Crippen LogP) is 0.941. The lowest BCUT2D eigenvalue weighted by atomic mass is 10.1. The Labute approximate surface area is 116 Å². The van der Waals surface area contributed by atoms with Gasteiger partial charge in [-0.2, -0.15) is 0 Å². The number of carbonyl (C=O) groups excluding carboxylic acids is 2. The summed E-state index contributed by atoms with van der Waals surface area (Å²) < 4.78 is 18.5. The number of hydrogen-bond donors (Lipinski definition) is 1. The van der Waals surface area contributed by atoms with E-state index in [0.717, 1.165) is 0 Å². The summed E-state index contributed by atoms with van der Waals surface area (Å²) in [6.07, 6.45) is 0.104. The van der Waals surface area contributed by atoms with Crippen LogP contribution in [0.5, 0.6) is 0 Å². The lowest BCUT2D eigenvalue weighted by Gasteiger charge is -2.17. The number of ether oxygens (including phenoxy) is 1. The summed E-state index contributed by atoms with van der Waals surface area (Å²) >= 11 is 0. The van der Waals surface area contributed by atoms with Gasteiger partial charge in [-0.05, 0) is 12.1 Å². The van der Waals surface area contributed by atoms with Gasteiger partial charge in [0, 0.05) is 26.6 Å². The average molecular weight is 280 g/mol. The van der Waals surface area contributed by atoms with Crippen LogP contribution in [-0.4, -0.2) is 38.6 Å². The molecule has 2 rings (SSSR count). The summed E-state index contributed by atoms with van der Waals surface area (Å²) in [5.74, 6) is -1.34. The number of methoxy groups -OCH3 is 1. The van der Waals surface area contributed by atoms with Crippen molar-refractivity contribution in [2.45, 2.75) is 6.42 Å². The minimum atomic E-state index is -0.457. The van der Waals surface area contributed by atoms with E-state index in [9.17, 15) is 14.0 Å². The number of nitrogens with zero attached hydrogens (tertiary/aromatic N) is 1. The minimum Gasteiger partial charge on any atom is -0.383 e. The molecule has 1 atom stereocenters. The molecule has 108 valence electrons. The summed E-state index contributed by atoms with van der Waals surface area (Å²) in [7, 11) is 1.55. The van der Waals surface area contributed by atoms with Gasteiger partial charge in [0.15, 0.2) is 0 Å². The maximum atomic E-state index is 13.7. The van der Waals surface area contributed by atoms with Gasteiger partial charge in [0.05, 0.1) is 18.2 Å². The molecular weight excluding hydrogens is 263 g/mol. The zero-order chi connectivity index (χ0) is 14.5. The monoisotopic (exact) mass is 280 g/mol. The van der Waals surface area contributed by atoms with Crippen LogP contribution in [0.3, 0.4) is 0 Å². The molecular formula is C14H17FN2O3. The maximum absolute atomic E-state index is 13.7. The van der Waals surface area contributed by atoms with Crippen LogP contribution in [0.15, 0.2) is 24.3 Å². The van der Waals surface area contributed by atoms with Gasteiger partial charge in [0.2, 0.25) is 11.8 Å². The van der Waals surface area contributed by atoms with E-state index < -0.39 is 11.7 Å². The van der Waals surface area contributed by atoms with Gasteiger partial charge in [0.25, 0.3) is 0 Å². The smallest absolute Gasteiger partial charge is 0.227 e. The molecule has 0 radical (unpaired) electrons. The Bertz CT molecular complexity index is 507. The van der Waals surface area contributed by atoms with E-state index in [1.807, 2.05) is 0 Å². The number of carbonyl (C=O) groups is 2. The number of nitrogens with one attached hydrogen (secondary N) is 1. The molecule has 6 heteroatoms. The molecule has 1 unspecified atom stereocenters. The summed E-state index contributed by atoms with van der Waals surface area (Å²) in [6.45, 7) is 1.03. The first-order valence-corrected chi connectivity index (χ1v) is 6.45. The van der Waals surface area contributed by atoms with Crippen molar-refractivity contribution >= 4 is 17.5 Å². The molecule has 0 spiro atoms. The number of rotatable bonds is 5. The normalized spacial score (nSPS) is 18.4. The van der Waals surface area contributed by atoms with E-state index in [1.165, 1.54) is 11.0 Å². The Kier molecular flexibility index (Phi) is 4.68. The molecule has 0 saturated carbocycles. The van der Waals surface area contributed by atoms with Crippen LogP contribution in [-0.2, 0) is 14.3 Å². The molecule has 0 aliphatic carbocycles. The van der Waals surface area contributed by atoms with E-state index in [1.54, 1.807) is 25.3 Å². The number of para-hydroxylation sites is 1. The van der Waals surface area contributed by atoms with E-state index in [-0.39, 0.29) is 30.5 Å². The molecule has 1 aromatic carbocycles. The van der Waals surface area contributed by atoms with Gasteiger partial charge < -0.3 is 15.0 Å². The summed E-state index contributed by atoms with van der Waals surface area (Å²) in [4.78, 5) is 25.1. The number of benzene rings is 1. The van der Waals surface area contributed by atoms with Gasteiger partial charge in [-0.15, -0.1) is 0 Å². The number of anilines is 1. The molecule has 1 fully saturated rings. The molecule has 1 N–H and O–H groups in total. The van der Waals surface area contributed by atoms with Crippen molar-refractivity contribution in [2.24, 2.45) is 5.92 Å². The molecule has 5 nitrogen and oxygen atoms in total. The average Bonchev–Trinajstić information content (AvgIpc) is 2.81. The van der Waals surface area contributed by atoms with Gasteiger partial charge >= 0.3 is 0 Å². The lowest BCUT2D eigenvalue weighted by molar-refractivity contribution is -0.126. The van der Waals surface area contributed by atoms with Crippen molar-refractivity contribution in [1.82, 2.24) is 5.32 Å². The fourth-order valence-corrected chi connectivity index (χ4v) is 2.21. The van der Waals surface area contributed by atoms with Crippen molar-refractivity contribution in [1.29, 1.82) is 0 Å². The van der Waals surface area contributed by atoms with E-state index >= 15 is 0 Å². The van der Waals surface area contributed by atoms with Crippen LogP contribution in [0.25, 0.3) is 0 Å². The molecule has 0 bridgehead atoms. The SMILES string of the molecule is COCCNC(=O)C1CC(=O)N(c2ccccc2F)C1. The van der Waals surface area contributed by atoms with Crippen LogP contribution < -0.4 is 10.2 Å². The maximum Gasteiger partial charge on any atom is 0.227 e. The van der Waals surface area contributed by atoms with Crippen LogP contribution in [0, 0.1) is 11.7 Å². The number of hydrogen-bond acceptors (Lipinski definition) is 3. The van der Waals surface area contributed by atoms with E-state index in [0.29, 0.717) is 13.2 Å². The van der Waals surface area contributed by atoms with Gasteiger partial charge in [-0.1, -0.05) is 12.1 Å². The largest absolute Gasteiger partial charge is 0.383 e. The van der Waals surface area contributed by atoms with E-state index in [4.69, 9.17) is 4.74 Å². The first-order valence-electron chi connectivity index (χ1n) is 6.45. The van der Waals surface area contributed by atoms with Crippen LogP contribution in [0.4, 0.5) is 10.1 Å². The van der Waals surface area contributed by atoms with Gasteiger partial charge in [0.1, 0.15) is 5.82 Å². The Balaban J connectivity index is 2.00. The lowest BCUT2D eigenvalue weighted by Crippen LogP contribution is -2.34. The Hall–Kier alpha value is -1.95. The Morgan fingerprint density at radius 1 is 1.50 bits per heavy atom. The Morgan fingerprint density at radius 2 is 2.25 bits per heavy atom. The third kappa shape index (κ3) is 3.14. The molecule has 1 heterocycles. The number of halogens is 1. The third-order valence-corrected chi connectivity index (χ3v) is 3.24. The second kappa shape index (κ2) is 6.47. The second-order valence-corrected chi connectivity index (χ2v) is 4.64. The highest BCUT2D eigenvalue weighted by molar-refractivity contribution is 6.00. The fraction of sp³-hybridized carbons (Fsp3) is 0.429. The number of amides is 2. The van der Waals surface area contributed by atoms with Crippen molar-refractivity contribution < 1.29 is 18.7 Å². The minimum absolute atomic E-state index is 0.104. The fourth-order valence-electron chi connectivity index (χ4n) is 2.21. The van der Waals surface area contributed by atoms with Gasteiger partial charge in [-0.3, -0.25) is 9.59 Å². The zero-order valence-corrected chi connectivity index (χ0v) is 11.3. The van der Waals surface area contributed by atoms with Crippen LogP contribution in [0.1, 0.15) is 6.42 Å². The first kappa shape index (κ1) is 14.5. The molecule has 2 amide bonds. The third-order valence-electron chi connectivity index (χ3n) is 3.24. The second-order valence-electron chi connectivity index (χ2n) is 4.64. The molecule has 20 heavy (non-hydrogen) atoms. The topological polar surface area (TPSA) is 58.6 Å². The van der Waals surface area contributed by atoms with Crippen molar-refractivity contribution in [2.75, 3.05) is 31.7 Å².